The lowest BCUT2D eigenvalue weighted by Gasteiger charge is -2.36. The molecule has 1 fully saturated rings. The van der Waals surface area contributed by atoms with Crippen LogP contribution in [0.25, 0.3) is 0 Å². The first-order chi connectivity index (χ1) is 20.1. The van der Waals surface area contributed by atoms with Crippen molar-refractivity contribution < 1.29 is 30.5 Å². The number of aliphatic hydroxyl groups excluding tert-OH is 5. The van der Waals surface area contributed by atoms with Crippen molar-refractivity contribution in [3.63, 3.8) is 0 Å². The molecule has 0 aromatic heterocycles. The number of aliphatic hydroxyl groups is 5. The minimum absolute atomic E-state index is 0.0735. The molecule has 1 aromatic rings. The van der Waals surface area contributed by atoms with Gasteiger partial charge in [-0.25, -0.2) is 0 Å². The average molecular weight is 590 g/mol. The molecule has 0 amide bonds. The van der Waals surface area contributed by atoms with Crippen LogP contribution in [-0.2, 0) is 0 Å². The molecule has 2 aliphatic carbocycles. The van der Waals surface area contributed by atoms with Crippen molar-refractivity contribution in [3.8, 4) is 0 Å². The molecule has 0 heterocycles. The Morgan fingerprint density at radius 1 is 1.02 bits per heavy atom. The van der Waals surface area contributed by atoms with E-state index in [0.29, 0.717) is 5.92 Å². The summed E-state index contributed by atoms with van der Waals surface area (Å²) in [6.45, 7) is 3.57. The van der Waals surface area contributed by atoms with Gasteiger partial charge >= 0.3 is 0 Å². The highest BCUT2D eigenvalue weighted by molar-refractivity contribution is 5.63. The molecule has 0 saturated heterocycles. The highest BCUT2D eigenvalue weighted by atomic mass is 16.6. The summed E-state index contributed by atoms with van der Waals surface area (Å²) in [4.78, 5) is 11.4. The summed E-state index contributed by atoms with van der Waals surface area (Å²) in [7, 11) is 0. The zero-order valence-corrected chi connectivity index (χ0v) is 25.1. The number of nitro groups is 1. The molecule has 2 aliphatic rings. The first kappa shape index (κ1) is 34.2. The Hall–Kier alpha value is -2.34. The molecule has 4 unspecified atom stereocenters. The van der Waals surface area contributed by atoms with Gasteiger partial charge in [0.25, 0.3) is 5.69 Å². The number of nitrogens with one attached hydrogen (secondary N) is 2. The summed E-state index contributed by atoms with van der Waals surface area (Å²) in [6, 6.07) is 3.33. The predicted molar refractivity (Wildman–Crippen MR) is 164 cm³/mol. The Balaban J connectivity index is 1.88. The third-order valence-electron chi connectivity index (χ3n) is 8.79. The first-order valence-corrected chi connectivity index (χ1v) is 15.6. The second-order valence-electron chi connectivity index (χ2n) is 12.1. The fourth-order valence-electron chi connectivity index (χ4n) is 6.04. The van der Waals surface area contributed by atoms with Gasteiger partial charge in [-0.3, -0.25) is 10.1 Å². The van der Waals surface area contributed by atoms with Gasteiger partial charge in [-0.15, -0.1) is 0 Å². The Morgan fingerprint density at radius 3 is 2.31 bits per heavy atom. The number of nitro benzene ring substituents is 1. The van der Waals surface area contributed by atoms with Gasteiger partial charge in [0, 0.05) is 12.6 Å². The van der Waals surface area contributed by atoms with Gasteiger partial charge in [0.05, 0.1) is 29.7 Å². The minimum atomic E-state index is -1.49. The number of nitrogens with zero attached hydrogens (tertiary/aromatic N) is 1. The number of allylic oxidation sites excluding steroid dienone is 1. The molecule has 10 nitrogen and oxygen atoms in total. The third kappa shape index (κ3) is 9.86. The number of rotatable bonds is 9. The van der Waals surface area contributed by atoms with E-state index in [4.69, 9.17) is 0 Å². The van der Waals surface area contributed by atoms with Gasteiger partial charge in [0.15, 0.2) is 0 Å². The molecule has 0 bridgehead atoms. The summed E-state index contributed by atoms with van der Waals surface area (Å²) in [6.07, 6.45) is 10.9. The molecule has 236 valence electrons. The minimum Gasteiger partial charge on any atom is -0.392 e. The topological polar surface area (TPSA) is 168 Å². The Kier molecular flexibility index (Phi) is 13.9. The Bertz CT molecular complexity index is 1060. The summed E-state index contributed by atoms with van der Waals surface area (Å²) < 4.78 is 0. The van der Waals surface area contributed by atoms with Gasteiger partial charge in [-0.2, -0.15) is 0 Å². The largest absolute Gasteiger partial charge is 0.392 e. The summed E-state index contributed by atoms with van der Waals surface area (Å²) in [5, 5.41) is 70.4. The maximum Gasteiger partial charge on any atom is 0.292 e. The molecule has 7 N–H and O–H groups in total. The van der Waals surface area contributed by atoms with Crippen LogP contribution in [0.2, 0.25) is 0 Å². The van der Waals surface area contributed by atoms with Crippen molar-refractivity contribution in [1.82, 2.24) is 5.32 Å². The lowest BCUT2D eigenvalue weighted by Crippen LogP contribution is -2.56. The van der Waals surface area contributed by atoms with Crippen molar-refractivity contribution in [2.45, 2.75) is 121 Å². The lowest BCUT2D eigenvalue weighted by molar-refractivity contribution is -0.384. The molecular formula is C32H51N3O7. The van der Waals surface area contributed by atoms with E-state index in [0.717, 1.165) is 37.7 Å². The van der Waals surface area contributed by atoms with E-state index < -0.39 is 48.0 Å². The highest BCUT2D eigenvalue weighted by Gasteiger charge is 2.37. The standard InChI is InChI=1S/C32H51N3O7/c1-21-14-15-25(28(16-21)35(41)42)34-27(19-33-26-17-24(20-36)30(38)32(40)31(26)39)29(37)18-23-13-11-9-7-5-3-4-6-8-10-12-22(23)2/h14-18,22,26-27,29-34,36-40H,3-13,19-20H2,1-2H3/b23-18+/t22?,26?,27?,29-,30-,31+,32?/m1/s1. The van der Waals surface area contributed by atoms with E-state index in [1.807, 2.05) is 6.08 Å². The number of hydrogen-bond acceptors (Lipinski definition) is 9. The van der Waals surface area contributed by atoms with Crippen molar-refractivity contribution in [2.75, 3.05) is 18.5 Å². The Morgan fingerprint density at radius 2 is 1.67 bits per heavy atom. The van der Waals surface area contributed by atoms with E-state index >= 15 is 0 Å². The summed E-state index contributed by atoms with van der Waals surface area (Å²) in [5.74, 6) is 0.301. The quantitative estimate of drug-likeness (QED) is 0.128. The molecule has 42 heavy (non-hydrogen) atoms. The van der Waals surface area contributed by atoms with Gasteiger partial charge in [-0.1, -0.05) is 82.1 Å². The molecule has 1 aromatic carbocycles. The smallest absolute Gasteiger partial charge is 0.292 e. The molecule has 7 atom stereocenters. The van der Waals surface area contributed by atoms with E-state index in [1.165, 1.54) is 56.2 Å². The zero-order chi connectivity index (χ0) is 30.6. The third-order valence-corrected chi connectivity index (χ3v) is 8.79. The van der Waals surface area contributed by atoms with Crippen molar-refractivity contribution in [3.05, 3.63) is 57.2 Å². The fraction of sp³-hybridized carbons (Fsp3) is 0.688. The van der Waals surface area contributed by atoms with Crippen LogP contribution in [0.1, 0.15) is 83.1 Å². The summed E-state index contributed by atoms with van der Waals surface area (Å²) >= 11 is 0. The van der Waals surface area contributed by atoms with E-state index in [-0.39, 0.29) is 23.5 Å². The zero-order valence-electron chi connectivity index (χ0n) is 25.1. The SMILES string of the molecule is Cc1ccc(NC(CNC2C=C(CO)[C@@H](O)C(O)[C@H]2O)[C@H](O)/C=C2\CCCCCCCCCCCC2C)c([N+](=O)[O-])c1. The number of benzene rings is 1. The molecule has 3 rings (SSSR count). The predicted octanol–water partition coefficient (Wildman–Crippen LogP) is 3.89. The van der Waals surface area contributed by atoms with E-state index in [1.54, 1.807) is 19.1 Å². The molecule has 0 radical (unpaired) electrons. The van der Waals surface area contributed by atoms with Crippen LogP contribution in [0.5, 0.6) is 0 Å². The first-order valence-electron chi connectivity index (χ1n) is 15.6. The number of anilines is 1. The monoisotopic (exact) mass is 589 g/mol. The lowest BCUT2D eigenvalue weighted by atomic mass is 9.87. The van der Waals surface area contributed by atoms with Crippen LogP contribution in [0.3, 0.4) is 0 Å². The van der Waals surface area contributed by atoms with Crippen molar-refractivity contribution >= 4 is 11.4 Å². The second kappa shape index (κ2) is 17.1. The van der Waals surface area contributed by atoms with Crippen LogP contribution in [0.4, 0.5) is 11.4 Å². The van der Waals surface area contributed by atoms with Crippen molar-refractivity contribution in [1.29, 1.82) is 0 Å². The molecule has 10 heteroatoms. The van der Waals surface area contributed by atoms with Gasteiger partial charge in [-0.05, 0) is 49.3 Å². The molecule has 0 aliphatic heterocycles. The second-order valence-corrected chi connectivity index (χ2v) is 12.1. The van der Waals surface area contributed by atoms with E-state index in [2.05, 4.69) is 17.6 Å². The van der Waals surface area contributed by atoms with Crippen molar-refractivity contribution in [2.24, 2.45) is 5.92 Å². The van der Waals surface area contributed by atoms with Crippen LogP contribution >= 0.6 is 0 Å². The number of hydrogen-bond donors (Lipinski definition) is 7. The molecule has 1 saturated carbocycles. The van der Waals surface area contributed by atoms with Crippen LogP contribution in [0.15, 0.2) is 41.5 Å². The maximum atomic E-state index is 11.8. The van der Waals surface area contributed by atoms with Gasteiger partial charge in [0.2, 0.25) is 0 Å². The fourth-order valence-corrected chi connectivity index (χ4v) is 6.04. The Labute approximate surface area is 249 Å². The summed E-state index contributed by atoms with van der Waals surface area (Å²) in [5.41, 5.74) is 2.27. The van der Waals surface area contributed by atoms with Gasteiger partial charge in [0.1, 0.15) is 24.0 Å². The van der Waals surface area contributed by atoms with Crippen LogP contribution in [-0.4, -0.2) is 80.1 Å². The van der Waals surface area contributed by atoms with Crippen LogP contribution in [0, 0.1) is 23.0 Å². The maximum absolute atomic E-state index is 11.8. The molecule has 0 spiro atoms. The van der Waals surface area contributed by atoms with Gasteiger partial charge < -0.3 is 36.2 Å². The number of aryl methyl sites for hydroxylation is 1. The highest BCUT2D eigenvalue weighted by Crippen LogP contribution is 2.29. The molecular weight excluding hydrogens is 538 g/mol. The average Bonchev–Trinajstić information content (AvgIpc) is 2.98. The normalized spacial score (nSPS) is 29.0. The van der Waals surface area contributed by atoms with E-state index in [9.17, 15) is 35.6 Å². The van der Waals surface area contributed by atoms with Crippen LogP contribution < -0.4 is 10.6 Å².